The van der Waals surface area contributed by atoms with E-state index in [1.165, 1.54) is 0 Å². The molecule has 1 atom stereocenters. The lowest BCUT2D eigenvalue weighted by molar-refractivity contribution is -0.885. The maximum absolute atomic E-state index is 12.4. The van der Waals surface area contributed by atoms with Gasteiger partial charge in [0.2, 0.25) is 0 Å². The molecule has 0 heterocycles. The molecule has 2 N–H and O–H groups in total. The number of benzene rings is 2. The topological polar surface area (TPSA) is 53.9 Å². The van der Waals surface area contributed by atoms with Gasteiger partial charge in [-0.25, -0.2) is 0 Å². The number of carbonyl (C=O) groups excluding carboxylic acids is 2. The minimum absolute atomic E-state index is 0.0828. The van der Waals surface area contributed by atoms with Crippen molar-refractivity contribution in [2.75, 3.05) is 27.7 Å². The Labute approximate surface area is 159 Å². The Bertz CT molecular complexity index is 745. The largest absolute Gasteiger partial charge is 0.355 e. The predicted molar refractivity (Wildman–Crippen MR) is 103 cm³/mol. The quantitative estimate of drug-likeness (QED) is 0.769. The average Bonchev–Trinajstić information content (AvgIpc) is 2.63. The number of hydrogen-bond donors (Lipinski definition) is 2. The Balaban J connectivity index is 1.85. The maximum Gasteiger partial charge on any atom is 0.277 e. The molecule has 2 aromatic carbocycles. The molecule has 0 saturated heterocycles. The smallest absolute Gasteiger partial charge is 0.277 e. The van der Waals surface area contributed by atoms with Crippen LogP contribution in [-0.4, -0.2) is 44.4 Å². The molecule has 6 heteroatoms. The summed E-state index contributed by atoms with van der Waals surface area (Å²) in [4.78, 5) is 26.8. The standard InChI is InChI=1S/C20H24ClN3O2/c1-22-20(26)17-8-4-15(5-9-17)12-23(2)14-19(25)24(3)13-16-6-10-18(21)11-7-16/h4-11H,12-14H2,1-3H3,(H,22,26)/p+1. The van der Waals surface area contributed by atoms with Crippen LogP contribution in [0, 0.1) is 0 Å². The minimum atomic E-state index is -0.101. The fourth-order valence-electron chi connectivity index (χ4n) is 2.67. The van der Waals surface area contributed by atoms with Gasteiger partial charge < -0.3 is 15.1 Å². The highest BCUT2D eigenvalue weighted by Gasteiger charge is 2.15. The van der Waals surface area contributed by atoms with Gasteiger partial charge in [0, 0.05) is 36.8 Å². The Morgan fingerprint density at radius 1 is 1.04 bits per heavy atom. The first-order valence-corrected chi connectivity index (χ1v) is 8.87. The number of quaternary nitrogens is 1. The minimum Gasteiger partial charge on any atom is -0.355 e. The van der Waals surface area contributed by atoms with Gasteiger partial charge in [-0.05, 0) is 29.8 Å². The van der Waals surface area contributed by atoms with Crippen LogP contribution in [0.2, 0.25) is 5.02 Å². The molecule has 0 saturated carbocycles. The SMILES string of the molecule is CNC(=O)c1ccc(C[NH+](C)CC(=O)N(C)Cc2ccc(Cl)cc2)cc1. The Kier molecular flexibility index (Phi) is 7.18. The van der Waals surface area contributed by atoms with E-state index in [1.807, 2.05) is 50.5 Å². The molecule has 0 radical (unpaired) electrons. The second kappa shape index (κ2) is 9.36. The molecule has 0 aliphatic rings. The van der Waals surface area contributed by atoms with Gasteiger partial charge in [-0.1, -0.05) is 35.9 Å². The van der Waals surface area contributed by atoms with Gasteiger partial charge in [-0.3, -0.25) is 9.59 Å². The molecule has 1 unspecified atom stereocenters. The van der Waals surface area contributed by atoms with E-state index in [1.54, 1.807) is 24.1 Å². The van der Waals surface area contributed by atoms with Crippen molar-refractivity contribution in [3.05, 3.63) is 70.2 Å². The van der Waals surface area contributed by atoms with Gasteiger partial charge in [0.05, 0.1) is 7.05 Å². The van der Waals surface area contributed by atoms with Crippen molar-refractivity contribution in [2.45, 2.75) is 13.1 Å². The lowest BCUT2D eigenvalue weighted by atomic mass is 10.1. The molecule has 26 heavy (non-hydrogen) atoms. The van der Waals surface area contributed by atoms with Gasteiger partial charge >= 0.3 is 0 Å². The fourth-order valence-corrected chi connectivity index (χ4v) is 2.80. The monoisotopic (exact) mass is 374 g/mol. The number of halogens is 1. The van der Waals surface area contributed by atoms with E-state index in [9.17, 15) is 9.59 Å². The normalized spacial score (nSPS) is 11.7. The third-order valence-corrected chi connectivity index (χ3v) is 4.41. The molecule has 0 aromatic heterocycles. The van der Waals surface area contributed by atoms with E-state index in [-0.39, 0.29) is 11.8 Å². The zero-order chi connectivity index (χ0) is 19.1. The Morgan fingerprint density at radius 2 is 1.62 bits per heavy atom. The van der Waals surface area contributed by atoms with Crippen LogP contribution in [0.5, 0.6) is 0 Å². The zero-order valence-electron chi connectivity index (χ0n) is 15.4. The van der Waals surface area contributed by atoms with Crippen LogP contribution >= 0.6 is 11.6 Å². The molecule has 5 nitrogen and oxygen atoms in total. The number of carbonyl (C=O) groups is 2. The van der Waals surface area contributed by atoms with Crippen LogP contribution in [0.4, 0.5) is 0 Å². The van der Waals surface area contributed by atoms with E-state index in [0.717, 1.165) is 16.0 Å². The van der Waals surface area contributed by atoms with Crippen LogP contribution in [0.15, 0.2) is 48.5 Å². The Hall–Kier alpha value is -2.37. The van der Waals surface area contributed by atoms with Gasteiger partial charge in [-0.15, -0.1) is 0 Å². The molecule has 0 bridgehead atoms. The average molecular weight is 375 g/mol. The summed E-state index contributed by atoms with van der Waals surface area (Å²) in [5.41, 5.74) is 2.77. The molecule has 0 aliphatic carbocycles. The first-order valence-electron chi connectivity index (χ1n) is 8.49. The van der Waals surface area contributed by atoms with Crippen molar-refractivity contribution in [2.24, 2.45) is 0 Å². The number of nitrogens with zero attached hydrogens (tertiary/aromatic N) is 1. The number of rotatable bonds is 7. The summed E-state index contributed by atoms with van der Waals surface area (Å²) in [5, 5.41) is 3.29. The van der Waals surface area contributed by atoms with Crippen molar-refractivity contribution in [3.8, 4) is 0 Å². The Morgan fingerprint density at radius 3 is 2.19 bits per heavy atom. The second-order valence-corrected chi connectivity index (χ2v) is 6.90. The van der Waals surface area contributed by atoms with E-state index >= 15 is 0 Å². The molecule has 2 rings (SSSR count). The van der Waals surface area contributed by atoms with Gasteiger partial charge in [0.25, 0.3) is 11.8 Å². The fraction of sp³-hybridized carbons (Fsp3) is 0.300. The summed E-state index contributed by atoms with van der Waals surface area (Å²) in [6.45, 7) is 1.68. The number of nitrogens with one attached hydrogen (secondary N) is 2. The lowest BCUT2D eigenvalue weighted by Crippen LogP contribution is -3.08. The summed E-state index contributed by atoms with van der Waals surface area (Å²) < 4.78 is 0. The van der Waals surface area contributed by atoms with Crippen molar-refractivity contribution >= 4 is 23.4 Å². The van der Waals surface area contributed by atoms with Gasteiger partial charge in [0.1, 0.15) is 6.54 Å². The highest BCUT2D eigenvalue weighted by molar-refractivity contribution is 6.30. The first kappa shape index (κ1) is 19.9. The summed E-state index contributed by atoms with van der Waals surface area (Å²) in [6, 6.07) is 15.0. The molecule has 0 spiro atoms. The van der Waals surface area contributed by atoms with Crippen LogP contribution in [0.1, 0.15) is 21.5 Å². The molecule has 2 aromatic rings. The predicted octanol–water partition coefficient (Wildman–Crippen LogP) is 1.37. The van der Waals surface area contributed by atoms with E-state index < -0.39 is 0 Å². The second-order valence-electron chi connectivity index (χ2n) is 6.46. The third-order valence-electron chi connectivity index (χ3n) is 4.16. The first-order chi connectivity index (χ1) is 12.4. The van der Waals surface area contributed by atoms with E-state index in [0.29, 0.717) is 30.2 Å². The zero-order valence-corrected chi connectivity index (χ0v) is 16.1. The highest BCUT2D eigenvalue weighted by atomic mass is 35.5. The van der Waals surface area contributed by atoms with Gasteiger partial charge in [-0.2, -0.15) is 0 Å². The van der Waals surface area contributed by atoms with E-state index in [2.05, 4.69) is 5.32 Å². The van der Waals surface area contributed by atoms with Crippen molar-refractivity contribution < 1.29 is 14.5 Å². The van der Waals surface area contributed by atoms with Crippen LogP contribution in [0.25, 0.3) is 0 Å². The summed E-state index contributed by atoms with van der Waals surface area (Å²) in [5.74, 6) is -0.0179. The molecule has 0 aliphatic heterocycles. The van der Waals surface area contributed by atoms with Crippen LogP contribution < -0.4 is 10.2 Å². The van der Waals surface area contributed by atoms with Crippen molar-refractivity contribution in [3.63, 3.8) is 0 Å². The number of likely N-dealkylation sites (N-methyl/N-ethyl adjacent to an activating group) is 2. The highest BCUT2D eigenvalue weighted by Crippen LogP contribution is 2.10. The molecule has 0 fully saturated rings. The molecular formula is C20H25ClN3O2+. The van der Waals surface area contributed by atoms with Crippen molar-refractivity contribution in [1.82, 2.24) is 10.2 Å². The number of hydrogen-bond acceptors (Lipinski definition) is 2. The lowest BCUT2D eigenvalue weighted by Gasteiger charge is -2.20. The van der Waals surface area contributed by atoms with Crippen molar-refractivity contribution in [1.29, 1.82) is 0 Å². The van der Waals surface area contributed by atoms with Crippen LogP contribution in [0.3, 0.4) is 0 Å². The summed E-state index contributed by atoms with van der Waals surface area (Å²) in [7, 11) is 5.41. The van der Waals surface area contributed by atoms with E-state index in [4.69, 9.17) is 11.6 Å². The number of amides is 2. The molecule has 138 valence electrons. The molecule has 2 amide bonds. The summed E-state index contributed by atoms with van der Waals surface area (Å²) >= 11 is 5.89. The summed E-state index contributed by atoms with van der Waals surface area (Å²) in [6.07, 6.45) is 0. The van der Waals surface area contributed by atoms with Gasteiger partial charge in [0.15, 0.2) is 6.54 Å². The van der Waals surface area contributed by atoms with Crippen LogP contribution in [-0.2, 0) is 17.9 Å². The maximum atomic E-state index is 12.4. The molecular weight excluding hydrogens is 350 g/mol. The third kappa shape index (κ3) is 5.86.